The number of pyridine rings is 1. The number of anilines is 1. The van der Waals surface area contributed by atoms with Gasteiger partial charge in [0.05, 0.1) is 0 Å². The van der Waals surface area contributed by atoms with E-state index in [4.69, 9.17) is 12.2 Å². The van der Waals surface area contributed by atoms with Crippen molar-refractivity contribution in [1.29, 1.82) is 0 Å². The monoisotopic (exact) mass is 468 g/mol. The molecule has 2 saturated heterocycles. The molecule has 3 atom stereocenters. The molecular formula is C23H21FN4O2S2. The summed E-state index contributed by atoms with van der Waals surface area (Å²) in [6.07, 6.45) is 4.97. The molecule has 2 aromatic rings. The topological polar surface area (TPSA) is 56.8 Å². The first-order chi connectivity index (χ1) is 15.3. The minimum atomic E-state index is -1.41. The highest BCUT2D eigenvalue weighted by molar-refractivity contribution is 8.25. The second-order valence-corrected chi connectivity index (χ2v) is 10.1. The molecule has 2 amide bonds. The number of likely N-dealkylation sites (N-methyl/N-ethyl adjacent to an activating group) is 2. The molecule has 32 heavy (non-hydrogen) atoms. The zero-order valence-electron chi connectivity index (χ0n) is 17.6. The maximum absolute atomic E-state index is 14.5. The molecule has 3 aliphatic heterocycles. The van der Waals surface area contributed by atoms with E-state index in [1.807, 2.05) is 24.1 Å². The Hall–Kier alpha value is -2.62. The molecule has 0 bridgehead atoms. The van der Waals surface area contributed by atoms with Crippen LogP contribution in [0, 0.1) is 5.82 Å². The number of benzene rings is 1. The van der Waals surface area contributed by atoms with Crippen molar-refractivity contribution in [3.63, 3.8) is 0 Å². The molecular weight excluding hydrogens is 447 g/mol. The fourth-order valence-electron chi connectivity index (χ4n) is 5.55. The van der Waals surface area contributed by atoms with E-state index in [1.165, 1.54) is 33.7 Å². The number of hydrogen-bond donors (Lipinski definition) is 0. The van der Waals surface area contributed by atoms with Crippen LogP contribution in [-0.4, -0.2) is 62.9 Å². The van der Waals surface area contributed by atoms with Crippen molar-refractivity contribution in [2.24, 2.45) is 0 Å². The molecule has 9 heteroatoms. The molecule has 1 aromatic carbocycles. The maximum Gasteiger partial charge on any atom is 0.254 e. The quantitative estimate of drug-likeness (QED) is 0.510. The number of rotatable bonds is 3. The van der Waals surface area contributed by atoms with Crippen LogP contribution in [0.25, 0.3) is 0 Å². The SMILES string of the molecule is C=CCN1C(=O)[C@]2(SC1=S)[C@@H](c1ccncc1)CN(C)[C@]21C(=O)N(C)c2ccc(F)cc21. The van der Waals surface area contributed by atoms with Crippen LogP contribution in [0.15, 0.2) is 55.4 Å². The van der Waals surface area contributed by atoms with Gasteiger partial charge in [0.25, 0.3) is 5.91 Å². The molecule has 2 spiro atoms. The van der Waals surface area contributed by atoms with Crippen LogP contribution >= 0.6 is 24.0 Å². The first-order valence-corrected chi connectivity index (χ1v) is 11.4. The van der Waals surface area contributed by atoms with Crippen LogP contribution in [0.2, 0.25) is 0 Å². The highest BCUT2D eigenvalue weighted by atomic mass is 32.2. The number of carbonyl (C=O) groups is 2. The Morgan fingerprint density at radius 3 is 2.66 bits per heavy atom. The number of carbonyl (C=O) groups excluding carboxylic acids is 2. The summed E-state index contributed by atoms with van der Waals surface area (Å²) < 4.78 is 13.6. The maximum atomic E-state index is 14.5. The van der Waals surface area contributed by atoms with Crippen molar-refractivity contribution >= 4 is 45.8 Å². The number of aromatic nitrogens is 1. The van der Waals surface area contributed by atoms with Crippen LogP contribution in [0.1, 0.15) is 17.0 Å². The first-order valence-electron chi connectivity index (χ1n) is 10.2. The second-order valence-electron chi connectivity index (χ2n) is 8.26. The van der Waals surface area contributed by atoms with Gasteiger partial charge in [-0.05, 0) is 42.9 Å². The third-order valence-electron chi connectivity index (χ3n) is 6.83. The number of thioether (sulfide) groups is 1. The Morgan fingerprint density at radius 1 is 1.25 bits per heavy atom. The highest BCUT2D eigenvalue weighted by Crippen LogP contribution is 2.66. The van der Waals surface area contributed by atoms with Gasteiger partial charge in [0.15, 0.2) is 5.54 Å². The summed E-state index contributed by atoms with van der Waals surface area (Å²) in [5.74, 6) is -1.34. The molecule has 3 aliphatic rings. The predicted molar refractivity (Wildman–Crippen MR) is 126 cm³/mol. The van der Waals surface area contributed by atoms with Crippen molar-refractivity contribution in [3.8, 4) is 0 Å². The molecule has 0 unspecified atom stereocenters. The van der Waals surface area contributed by atoms with E-state index in [1.54, 1.807) is 31.6 Å². The molecule has 2 fully saturated rings. The molecule has 6 nitrogen and oxygen atoms in total. The van der Waals surface area contributed by atoms with E-state index in [2.05, 4.69) is 11.6 Å². The van der Waals surface area contributed by atoms with E-state index in [0.29, 0.717) is 22.1 Å². The Kier molecular flexibility index (Phi) is 4.77. The van der Waals surface area contributed by atoms with E-state index in [9.17, 15) is 14.0 Å². The van der Waals surface area contributed by atoms with Gasteiger partial charge in [-0.3, -0.25) is 24.4 Å². The summed E-state index contributed by atoms with van der Waals surface area (Å²) in [7, 11) is 3.49. The summed E-state index contributed by atoms with van der Waals surface area (Å²) in [6, 6.07) is 8.05. The minimum absolute atomic E-state index is 0.245. The number of thiocarbonyl (C=S) groups is 1. The number of hydrogen-bond acceptors (Lipinski definition) is 6. The van der Waals surface area contributed by atoms with Gasteiger partial charge in [-0.1, -0.05) is 30.1 Å². The van der Waals surface area contributed by atoms with Gasteiger partial charge in [-0.25, -0.2) is 4.39 Å². The number of halogens is 1. The first kappa shape index (κ1) is 21.2. The van der Waals surface area contributed by atoms with Gasteiger partial charge in [0, 0.05) is 49.7 Å². The van der Waals surface area contributed by atoms with Gasteiger partial charge in [0.1, 0.15) is 14.9 Å². The number of nitrogens with zero attached hydrogens (tertiary/aromatic N) is 4. The van der Waals surface area contributed by atoms with E-state index in [0.717, 1.165) is 5.56 Å². The van der Waals surface area contributed by atoms with Crippen molar-refractivity contribution in [3.05, 3.63) is 72.3 Å². The van der Waals surface area contributed by atoms with E-state index in [-0.39, 0.29) is 24.3 Å². The molecule has 4 heterocycles. The van der Waals surface area contributed by atoms with Crippen LogP contribution in [0.4, 0.5) is 10.1 Å². The Balaban J connectivity index is 1.85. The van der Waals surface area contributed by atoms with Gasteiger partial charge in [-0.2, -0.15) is 0 Å². The summed E-state index contributed by atoms with van der Waals surface area (Å²) >= 11 is 6.87. The standard InChI is InChI=1S/C23H21FN4O2S2/c1-4-11-28-20(30)23(32-21(28)31)17(14-7-9-25-10-8-14)13-26(2)22(23)16-12-15(24)5-6-18(16)27(3)19(22)29/h4-10,12,17H,1,11,13H2,2-3H3/t17-,22-,23-/m1/s1. The Bertz CT molecular complexity index is 1180. The smallest absolute Gasteiger partial charge is 0.254 e. The average molecular weight is 469 g/mol. The minimum Gasteiger partial charge on any atom is -0.313 e. The van der Waals surface area contributed by atoms with Gasteiger partial charge in [-0.15, -0.1) is 6.58 Å². The predicted octanol–water partition coefficient (Wildman–Crippen LogP) is 2.91. The molecule has 164 valence electrons. The van der Waals surface area contributed by atoms with Crippen LogP contribution in [-0.2, 0) is 15.1 Å². The Labute approximate surface area is 195 Å². The lowest BCUT2D eigenvalue weighted by Gasteiger charge is -2.42. The highest BCUT2D eigenvalue weighted by Gasteiger charge is 2.78. The number of likely N-dealkylation sites (tertiary alicyclic amines) is 1. The van der Waals surface area contributed by atoms with Crippen LogP contribution in [0.3, 0.4) is 0 Å². The largest absolute Gasteiger partial charge is 0.313 e. The molecule has 0 radical (unpaired) electrons. The zero-order valence-corrected chi connectivity index (χ0v) is 19.3. The van der Waals surface area contributed by atoms with Crippen molar-refractivity contribution in [2.45, 2.75) is 16.2 Å². The fraction of sp³-hybridized carbons (Fsp3) is 0.304. The normalized spacial score (nSPS) is 29.6. The summed E-state index contributed by atoms with van der Waals surface area (Å²) in [6.45, 7) is 4.42. The van der Waals surface area contributed by atoms with Crippen molar-refractivity contribution in [1.82, 2.24) is 14.8 Å². The summed E-state index contributed by atoms with van der Waals surface area (Å²) in [5.41, 5.74) is 0.565. The molecule has 0 N–H and O–H groups in total. The molecule has 5 rings (SSSR count). The van der Waals surface area contributed by atoms with Crippen molar-refractivity contribution < 1.29 is 14.0 Å². The lowest BCUT2D eigenvalue weighted by atomic mass is 9.72. The van der Waals surface area contributed by atoms with Crippen LogP contribution < -0.4 is 4.90 Å². The lowest BCUT2D eigenvalue weighted by molar-refractivity contribution is -0.138. The summed E-state index contributed by atoms with van der Waals surface area (Å²) in [4.78, 5) is 37.3. The van der Waals surface area contributed by atoms with E-state index < -0.39 is 16.1 Å². The second kappa shape index (κ2) is 7.19. The van der Waals surface area contributed by atoms with Crippen molar-refractivity contribution in [2.75, 3.05) is 32.1 Å². The molecule has 1 aromatic heterocycles. The zero-order chi connectivity index (χ0) is 22.8. The average Bonchev–Trinajstić information content (AvgIpc) is 3.28. The fourth-order valence-corrected chi connectivity index (χ4v) is 7.70. The van der Waals surface area contributed by atoms with Gasteiger partial charge in [0.2, 0.25) is 5.91 Å². The number of fused-ring (bicyclic) bond motifs is 3. The van der Waals surface area contributed by atoms with Gasteiger partial charge >= 0.3 is 0 Å². The third-order valence-corrected chi connectivity index (χ3v) is 8.77. The lowest BCUT2D eigenvalue weighted by Crippen LogP contribution is -2.62. The Morgan fingerprint density at radius 2 is 1.97 bits per heavy atom. The third kappa shape index (κ3) is 2.39. The van der Waals surface area contributed by atoms with Gasteiger partial charge < -0.3 is 4.90 Å². The van der Waals surface area contributed by atoms with Crippen LogP contribution in [0.5, 0.6) is 0 Å². The van der Waals surface area contributed by atoms with E-state index >= 15 is 0 Å². The number of amides is 2. The molecule has 0 saturated carbocycles. The molecule has 0 aliphatic carbocycles. The summed E-state index contributed by atoms with van der Waals surface area (Å²) in [5, 5.41) is 0.